The molecular formula is C25H31N8+. The van der Waals surface area contributed by atoms with Crippen molar-refractivity contribution in [3.05, 3.63) is 36.4 Å². The molecule has 5 rings (SSSR count). The lowest BCUT2D eigenvalue weighted by Crippen LogP contribution is -2.34. The normalized spacial score (nSPS) is 12.3. The zero-order valence-corrected chi connectivity index (χ0v) is 20.5. The van der Waals surface area contributed by atoms with Gasteiger partial charge in [0.25, 0.3) is 0 Å². The van der Waals surface area contributed by atoms with E-state index in [-0.39, 0.29) is 0 Å². The first kappa shape index (κ1) is 21.3. The maximum absolute atomic E-state index is 4.69. The van der Waals surface area contributed by atoms with Crippen molar-refractivity contribution in [3.63, 3.8) is 0 Å². The highest BCUT2D eigenvalue weighted by atomic mass is 15.4. The molecule has 1 aliphatic carbocycles. The Morgan fingerprint density at radius 2 is 1.24 bits per heavy atom. The molecule has 2 aromatic carbocycles. The largest absolute Gasteiger partial charge is 0.378 e. The van der Waals surface area contributed by atoms with Crippen LogP contribution in [0.2, 0.25) is 0 Å². The number of fused-ring (bicyclic) bond motifs is 8. The lowest BCUT2D eigenvalue weighted by atomic mass is 9.88. The first-order valence-electron chi connectivity index (χ1n) is 11.4. The quantitative estimate of drug-likeness (QED) is 0.391. The minimum atomic E-state index is 0.716. The third-order valence-corrected chi connectivity index (χ3v) is 6.39. The number of benzene rings is 2. The van der Waals surface area contributed by atoms with Crippen LogP contribution in [-0.2, 0) is 13.1 Å². The lowest BCUT2D eigenvalue weighted by Gasteiger charge is -2.26. The fourth-order valence-electron chi connectivity index (χ4n) is 4.53. The summed E-state index contributed by atoms with van der Waals surface area (Å²) in [5, 5.41) is 18.5. The monoisotopic (exact) mass is 443 g/mol. The van der Waals surface area contributed by atoms with Gasteiger partial charge in [-0.05, 0) is 44.2 Å². The summed E-state index contributed by atoms with van der Waals surface area (Å²) in [5.41, 5.74) is 10.4. The van der Waals surface area contributed by atoms with Gasteiger partial charge < -0.3 is 4.90 Å². The molecule has 0 N–H and O–H groups in total. The molecule has 0 saturated carbocycles. The zero-order chi connectivity index (χ0) is 23.5. The van der Waals surface area contributed by atoms with Crippen LogP contribution in [0.3, 0.4) is 0 Å². The summed E-state index contributed by atoms with van der Waals surface area (Å²) in [4.78, 5) is 2.12. The van der Waals surface area contributed by atoms with E-state index < -0.39 is 0 Å². The lowest BCUT2D eigenvalue weighted by molar-refractivity contribution is 0.486. The summed E-state index contributed by atoms with van der Waals surface area (Å²) in [7, 11) is 10.6. The van der Waals surface area contributed by atoms with Crippen molar-refractivity contribution < 1.29 is 0 Å². The molecule has 0 atom stereocenters. The van der Waals surface area contributed by atoms with E-state index in [1.807, 2.05) is 9.36 Å². The fourth-order valence-corrected chi connectivity index (χ4v) is 4.53. The van der Waals surface area contributed by atoms with Gasteiger partial charge in [-0.3, -0.25) is 4.48 Å². The Bertz CT molecular complexity index is 1350. The van der Waals surface area contributed by atoms with Gasteiger partial charge >= 0.3 is 0 Å². The predicted octanol–water partition coefficient (Wildman–Crippen LogP) is 4.15. The molecule has 0 unspecified atom stereocenters. The second kappa shape index (κ2) is 7.52. The Morgan fingerprint density at radius 3 is 1.73 bits per heavy atom. The highest BCUT2D eigenvalue weighted by Crippen LogP contribution is 2.47. The van der Waals surface area contributed by atoms with E-state index in [1.54, 1.807) is 0 Å². The minimum Gasteiger partial charge on any atom is -0.378 e. The average Bonchev–Trinajstić information content (AvgIpc) is 3.40. The number of hydrogen-bond acceptors (Lipinski definition) is 5. The minimum absolute atomic E-state index is 0.716. The molecule has 1 aliphatic rings. The first-order chi connectivity index (χ1) is 15.7. The summed E-state index contributed by atoms with van der Waals surface area (Å²) >= 11 is 0. The van der Waals surface area contributed by atoms with E-state index in [0.717, 1.165) is 63.8 Å². The number of anilines is 1. The molecule has 2 aromatic heterocycles. The maximum Gasteiger partial charge on any atom is 0.132 e. The first-order valence-corrected chi connectivity index (χ1v) is 11.4. The van der Waals surface area contributed by atoms with E-state index >= 15 is 0 Å². The average molecular weight is 444 g/mol. The smallest absolute Gasteiger partial charge is 0.132 e. The molecule has 0 fully saturated rings. The number of aromatic nitrogens is 6. The molecule has 2 heterocycles. The van der Waals surface area contributed by atoms with Gasteiger partial charge in [0.15, 0.2) is 0 Å². The summed E-state index contributed by atoms with van der Waals surface area (Å²) < 4.78 is 4.69. The van der Waals surface area contributed by atoms with Gasteiger partial charge in [-0.25, -0.2) is 9.36 Å². The van der Waals surface area contributed by atoms with Crippen molar-refractivity contribution in [1.82, 2.24) is 34.5 Å². The zero-order valence-electron chi connectivity index (χ0n) is 20.5. The Kier molecular flexibility index (Phi) is 4.86. The van der Waals surface area contributed by atoms with Crippen molar-refractivity contribution in [2.75, 3.05) is 40.1 Å². The molecule has 33 heavy (non-hydrogen) atoms. The van der Waals surface area contributed by atoms with Gasteiger partial charge in [0.2, 0.25) is 0 Å². The van der Waals surface area contributed by atoms with E-state index in [2.05, 4.69) is 101 Å². The highest BCUT2D eigenvalue weighted by molar-refractivity contribution is 6.00. The van der Waals surface area contributed by atoms with Crippen LogP contribution in [-0.4, -0.2) is 65.2 Å². The van der Waals surface area contributed by atoms with Crippen LogP contribution in [0.1, 0.15) is 13.8 Å². The summed E-state index contributed by atoms with van der Waals surface area (Å²) in [6.07, 6.45) is 0. The van der Waals surface area contributed by atoms with Gasteiger partial charge in [0.05, 0.1) is 32.5 Å². The number of nitrogens with zero attached hydrogens (tertiary/aromatic N) is 8. The Labute approximate surface area is 194 Å². The molecule has 4 aromatic rings. The topological polar surface area (TPSA) is 64.7 Å². The number of rotatable bonds is 4. The summed E-state index contributed by atoms with van der Waals surface area (Å²) in [6, 6.07) is 13.1. The number of hydrogen-bond donors (Lipinski definition) is 0. The van der Waals surface area contributed by atoms with E-state index in [9.17, 15) is 0 Å². The second-order valence-corrected chi connectivity index (χ2v) is 9.57. The van der Waals surface area contributed by atoms with E-state index in [4.69, 9.17) is 10.2 Å². The van der Waals surface area contributed by atoms with Crippen LogP contribution in [0.15, 0.2) is 36.4 Å². The van der Waals surface area contributed by atoms with Crippen molar-refractivity contribution in [3.8, 4) is 45.0 Å². The van der Waals surface area contributed by atoms with E-state index in [0.29, 0.717) is 4.48 Å². The fraction of sp³-hybridized carbons (Fsp3) is 0.360. The van der Waals surface area contributed by atoms with Crippen LogP contribution in [0.25, 0.3) is 45.0 Å². The van der Waals surface area contributed by atoms with Crippen LogP contribution in [0, 0.1) is 0 Å². The molecule has 0 bridgehead atoms. The Balaban J connectivity index is 1.95. The number of aryl methyl sites for hydroxylation is 2. The predicted molar refractivity (Wildman–Crippen MR) is 134 cm³/mol. The molecule has 0 aliphatic heterocycles. The van der Waals surface area contributed by atoms with Gasteiger partial charge in [-0.2, -0.15) is 0 Å². The van der Waals surface area contributed by atoms with Crippen LogP contribution < -0.4 is 9.38 Å². The van der Waals surface area contributed by atoms with Crippen molar-refractivity contribution in [2.45, 2.75) is 26.9 Å². The molecule has 8 nitrogen and oxygen atoms in total. The van der Waals surface area contributed by atoms with Gasteiger partial charge in [-0.1, -0.05) is 10.4 Å². The Hall–Kier alpha value is -3.52. The van der Waals surface area contributed by atoms with Crippen molar-refractivity contribution in [2.24, 2.45) is 0 Å². The molecule has 0 saturated heterocycles. The van der Waals surface area contributed by atoms with Crippen LogP contribution in [0.4, 0.5) is 11.4 Å². The molecule has 0 amide bonds. The molecule has 0 spiro atoms. The van der Waals surface area contributed by atoms with E-state index in [1.165, 1.54) is 5.69 Å². The number of quaternary nitrogens is 1. The van der Waals surface area contributed by atoms with Gasteiger partial charge in [0, 0.05) is 61.2 Å². The summed E-state index contributed by atoms with van der Waals surface area (Å²) in [5.74, 6) is 0. The maximum atomic E-state index is 4.69. The molecule has 8 heteroatoms. The highest BCUT2D eigenvalue weighted by Gasteiger charge is 2.31. The molecule has 0 radical (unpaired) electrons. The standard InChI is InChI=1S/C25H31N8/c1-8-31-24-20-14-16(30(3)4)10-12-18(20)22-25(32(9-2)29-26-22)21-15-17(33(5,6)7)11-13-19(21)23(24)27-28-31/h10-15H,8-9H2,1-7H3/q+1. The molecule has 170 valence electrons. The summed E-state index contributed by atoms with van der Waals surface area (Å²) in [6.45, 7) is 5.67. The SMILES string of the molecule is CCn1nnc2c1-c1cc(N(C)C)ccc1-c1nnn(CC)c1-c1cc([N+](C)(C)C)ccc1-2. The third-order valence-electron chi connectivity index (χ3n) is 6.39. The van der Waals surface area contributed by atoms with Crippen molar-refractivity contribution >= 4 is 11.4 Å². The van der Waals surface area contributed by atoms with Crippen LogP contribution in [0.5, 0.6) is 0 Å². The van der Waals surface area contributed by atoms with Crippen molar-refractivity contribution in [1.29, 1.82) is 0 Å². The second-order valence-electron chi connectivity index (χ2n) is 9.57. The Morgan fingerprint density at radius 1 is 0.727 bits per heavy atom. The van der Waals surface area contributed by atoms with Gasteiger partial charge in [0.1, 0.15) is 17.1 Å². The molecular weight excluding hydrogens is 412 g/mol. The van der Waals surface area contributed by atoms with Crippen LogP contribution >= 0.6 is 0 Å². The van der Waals surface area contributed by atoms with Gasteiger partial charge in [-0.15, -0.1) is 10.2 Å². The third kappa shape index (κ3) is 3.24.